The van der Waals surface area contributed by atoms with E-state index in [9.17, 15) is 10.2 Å². The Morgan fingerprint density at radius 3 is 1.58 bits per heavy atom. The molecule has 0 heterocycles. The van der Waals surface area contributed by atoms with Crippen molar-refractivity contribution in [2.75, 3.05) is 0 Å². The molecule has 2 nitrogen and oxygen atoms in total. The molecule has 0 saturated heterocycles. The number of hydrogen-bond acceptors (Lipinski definition) is 3. The highest BCUT2D eigenvalue weighted by Crippen LogP contribution is 2.25. The molecule has 2 rings (SSSR count). The number of thioether (sulfide) groups is 1. The summed E-state index contributed by atoms with van der Waals surface area (Å²) in [5.41, 5.74) is 4.74. The summed E-state index contributed by atoms with van der Waals surface area (Å²) >= 11 is 1.84. The van der Waals surface area contributed by atoms with Crippen molar-refractivity contribution in [3.05, 3.63) is 58.7 Å². The normalized spacial score (nSPS) is 10.6. The lowest BCUT2D eigenvalue weighted by molar-refractivity contribution is 0.474. The van der Waals surface area contributed by atoms with Gasteiger partial charge in [-0.25, -0.2) is 0 Å². The van der Waals surface area contributed by atoms with Crippen LogP contribution in [0.5, 0.6) is 11.5 Å². The molecule has 0 amide bonds. The van der Waals surface area contributed by atoms with Gasteiger partial charge in [0, 0.05) is 11.5 Å². The fourth-order valence-corrected chi connectivity index (χ4v) is 3.14. The molecule has 2 N–H and O–H groups in total. The highest BCUT2D eigenvalue weighted by Gasteiger charge is 2.03. The van der Waals surface area contributed by atoms with Gasteiger partial charge < -0.3 is 10.2 Å². The number of aromatic hydroxyl groups is 2. The van der Waals surface area contributed by atoms with Gasteiger partial charge in [0.25, 0.3) is 0 Å². The van der Waals surface area contributed by atoms with Crippen LogP contribution in [-0.4, -0.2) is 10.2 Å². The summed E-state index contributed by atoms with van der Waals surface area (Å²) in [6, 6.07) is 11.0. The van der Waals surface area contributed by atoms with E-state index in [4.69, 9.17) is 0 Å². The van der Waals surface area contributed by atoms with Gasteiger partial charge in [0.2, 0.25) is 0 Å². The van der Waals surface area contributed by atoms with E-state index in [-0.39, 0.29) is 0 Å². The molecule has 0 spiro atoms. The highest BCUT2D eigenvalue weighted by atomic mass is 32.2. The van der Waals surface area contributed by atoms with E-state index in [1.54, 1.807) is 24.3 Å². The average molecular weight is 274 g/mol. The van der Waals surface area contributed by atoms with Crippen molar-refractivity contribution in [3.8, 4) is 11.5 Å². The molecular formula is C16H18O2S. The van der Waals surface area contributed by atoms with E-state index in [0.29, 0.717) is 11.5 Å². The Labute approximate surface area is 118 Å². The van der Waals surface area contributed by atoms with Crippen LogP contribution in [0, 0.1) is 13.8 Å². The first-order chi connectivity index (χ1) is 9.06. The topological polar surface area (TPSA) is 40.5 Å². The van der Waals surface area contributed by atoms with Gasteiger partial charge in [-0.3, -0.25) is 0 Å². The Kier molecular flexibility index (Phi) is 4.38. The molecule has 0 saturated carbocycles. The van der Waals surface area contributed by atoms with Crippen LogP contribution in [0.4, 0.5) is 0 Å². The molecule has 2 aromatic carbocycles. The van der Waals surface area contributed by atoms with Gasteiger partial charge in [-0.1, -0.05) is 12.1 Å². The minimum Gasteiger partial charge on any atom is -0.508 e. The molecule has 0 atom stereocenters. The summed E-state index contributed by atoms with van der Waals surface area (Å²) in [5, 5.41) is 18.7. The van der Waals surface area contributed by atoms with Crippen LogP contribution in [0.2, 0.25) is 0 Å². The monoisotopic (exact) mass is 274 g/mol. The van der Waals surface area contributed by atoms with E-state index in [1.165, 1.54) is 11.1 Å². The third-order valence-corrected chi connectivity index (χ3v) is 4.20. The molecule has 2 aromatic rings. The van der Waals surface area contributed by atoms with Crippen molar-refractivity contribution in [3.63, 3.8) is 0 Å². The predicted molar refractivity (Wildman–Crippen MR) is 80.7 cm³/mol. The van der Waals surface area contributed by atoms with Crippen molar-refractivity contribution in [2.45, 2.75) is 25.4 Å². The fourth-order valence-electron chi connectivity index (χ4n) is 1.95. The summed E-state index contributed by atoms with van der Waals surface area (Å²) in [6.45, 7) is 4.03. The number of phenols is 2. The maximum Gasteiger partial charge on any atom is 0.115 e. The molecule has 100 valence electrons. The Morgan fingerprint density at radius 2 is 1.21 bits per heavy atom. The van der Waals surface area contributed by atoms with Gasteiger partial charge in [-0.2, -0.15) is 11.8 Å². The van der Waals surface area contributed by atoms with E-state index < -0.39 is 0 Å². The number of aryl methyl sites for hydroxylation is 2. The molecule has 3 heteroatoms. The highest BCUT2D eigenvalue weighted by molar-refractivity contribution is 7.97. The Balaban J connectivity index is 1.96. The number of rotatable bonds is 4. The first-order valence-corrected chi connectivity index (χ1v) is 7.36. The van der Waals surface area contributed by atoms with Crippen LogP contribution in [0.3, 0.4) is 0 Å². The molecule has 0 aliphatic carbocycles. The third-order valence-electron chi connectivity index (χ3n) is 3.17. The molecular weight excluding hydrogens is 256 g/mol. The lowest BCUT2D eigenvalue weighted by Crippen LogP contribution is -1.89. The van der Waals surface area contributed by atoms with E-state index >= 15 is 0 Å². The number of benzene rings is 2. The Morgan fingerprint density at radius 1 is 0.789 bits per heavy atom. The minimum absolute atomic E-state index is 0.320. The fraction of sp³-hybridized carbons (Fsp3) is 0.250. The lowest BCUT2D eigenvalue weighted by Gasteiger charge is -2.08. The maximum atomic E-state index is 9.37. The summed E-state index contributed by atoms with van der Waals surface area (Å²) in [5.74, 6) is 2.49. The van der Waals surface area contributed by atoms with Crippen molar-refractivity contribution in [1.29, 1.82) is 0 Å². The summed E-state index contributed by atoms with van der Waals surface area (Å²) in [6.07, 6.45) is 0. The van der Waals surface area contributed by atoms with E-state index in [1.807, 2.05) is 37.7 Å². The third kappa shape index (κ3) is 3.67. The Bertz CT molecular complexity index is 527. The second-order valence-electron chi connectivity index (χ2n) is 4.71. The Hall–Kier alpha value is -1.61. The van der Waals surface area contributed by atoms with E-state index in [2.05, 4.69) is 0 Å². The van der Waals surface area contributed by atoms with Crippen LogP contribution < -0.4 is 0 Å². The van der Waals surface area contributed by atoms with Crippen molar-refractivity contribution >= 4 is 11.8 Å². The number of phenolic OH excluding ortho intramolecular Hbond substituents is 2. The van der Waals surface area contributed by atoms with Gasteiger partial charge in [-0.05, 0) is 60.4 Å². The van der Waals surface area contributed by atoms with Crippen LogP contribution in [0.1, 0.15) is 22.3 Å². The van der Waals surface area contributed by atoms with Crippen molar-refractivity contribution < 1.29 is 10.2 Å². The standard InChI is InChI=1S/C16H18O2S/c1-11-7-15(17)5-3-13(11)9-19-10-14-4-6-16(18)8-12(14)2/h3-8,17-18H,9-10H2,1-2H3. The minimum atomic E-state index is 0.320. The lowest BCUT2D eigenvalue weighted by atomic mass is 10.1. The summed E-state index contributed by atoms with van der Waals surface area (Å²) in [7, 11) is 0. The van der Waals surface area contributed by atoms with Crippen molar-refractivity contribution in [2.24, 2.45) is 0 Å². The smallest absolute Gasteiger partial charge is 0.115 e. The van der Waals surface area contributed by atoms with Crippen LogP contribution in [0.25, 0.3) is 0 Å². The zero-order valence-electron chi connectivity index (χ0n) is 11.2. The van der Waals surface area contributed by atoms with Crippen LogP contribution in [-0.2, 0) is 11.5 Å². The molecule has 0 unspecified atom stereocenters. The quantitative estimate of drug-likeness (QED) is 0.880. The zero-order valence-corrected chi connectivity index (χ0v) is 12.0. The van der Waals surface area contributed by atoms with Gasteiger partial charge in [0.05, 0.1) is 0 Å². The first kappa shape index (κ1) is 13.8. The molecule has 19 heavy (non-hydrogen) atoms. The molecule has 0 aromatic heterocycles. The molecule has 0 bridgehead atoms. The second-order valence-corrected chi connectivity index (χ2v) is 5.70. The first-order valence-electron chi connectivity index (χ1n) is 6.21. The molecule has 0 radical (unpaired) electrons. The van der Waals surface area contributed by atoms with E-state index in [0.717, 1.165) is 22.6 Å². The summed E-state index contributed by atoms with van der Waals surface area (Å²) in [4.78, 5) is 0. The van der Waals surface area contributed by atoms with Gasteiger partial charge in [-0.15, -0.1) is 0 Å². The SMILES string of the molecule is Cc1cc(O)ccc1CSCc1ccc(O)cc1C. The largest absolute Gasteiger partial charge is 0.508 e. The molecule has 0 aliphatic rings. The average Bonchev–Trinajstić information content (AvgIpc) is 2.34. The van der Waals surface area contributed by atoms with Gasteiger partial charge in [0.15, 0.2) is 0 Å². The summed E-state index contributed by atoms with van der Waals surface area (Å²) < 4.78 is 0. The van der Waals surface area contributed by atoms with Gasteiger partial charge >= 0.3 is 0 Å². The number of hydrogen-bond donors (Lipinski definition) is 2. The molecule has 0 fully saturated rings. The van der Waals surface area contributed by atoms with Crippen LogP contribution >= 0.6 is 11.8 Å². The zero-order chi connectivity index (χ0) is 13.8. The van der Waals surface area contributed by atoms with Crippen LogP contribution in [0.15, 0.2) is 36.4 Å². The predicted octanol–water partition coefficient (Wildman–Crippen LogP) is 4.15. The maximum absolute atomic E-state index is 9.37. The van der Waals surface area contributed by atoms with Gasteiger partial charge in [0.1, 0.15) is 11.5 Å². The molecule has 0 aliphatic heterocycles. The second kappa shape index (κ2) is 6.02. The van der Waals surface area contributed by atoms with Crippen molar-refractivity contribution in [1.82, 2.24) is 0 Å².